The molecule has 48 heavy (non-hydrogen) atoms. The van der Waals surface area contributed by atoms with Gasteiger partial charge in [-0.15, -0.1) is 0 Å². The topological polar surface area (TPSA) is 149 Å². The number of ether oxygens (including phenoxy) is 2. The van der Waals surface area contributed by atoms with Gasteiger partial charge in [-0.3, -0.25) is 4.79 Å². The van der Waals surface area contributed by atoms with Crippen LogP contribution in [-0.2, 0) is 14.3 Å². The normalized spacial score (nSPS) is 22.9. The molecule has 282 valence electrons. The lowest BCUT2D eigenvalue weighted by molar-refractivity contribution is -0.302. The second-order valence-electron chi connectivity index (χ2n) is 13.7. The van der Waals surface area contributed by atoms with Crippen LogP contribution in [0.1, 0.15) is 162 Å². The lowest BCUT2D eigenvalue weighted by atomic mass is 9.99. The van der Waals surface area contributed by atoms with Gasteiger partial charge >= 0.3 is 0 Å². The van der Waals surface area contributed by atoms with Gasteiger partial charge in [0.2, 0.25) is 5.91 Å². The summed E-state index contributed by atoms with van der Waals surface area (Å²) in [6.45, 7) is 3.68. The average molecular weight is 684 g/mol. The minimum absolute atomic E-state index is 0.190. The molecule has 7 atom stereocenters. The Bertz CT molecular complexity index is 807. The summed E-state index contributed by atoms with van der Waals surface area (Å²) in [7, 11) is 0. The molecule has 1 amide bonds. The third-order valence-electron chi connectivity index (χ3n) is 9.28. The molecule has 0 aromatic rings. The van der Waals surface area contributed by atoms with Crippen LogP contribution in [0.3, 0.4) is 0 Å². The number of aliphatic hydroxyl groups is 5. The molecule has 0 aliphatic carbocycles. The molecule has 0 aromatic carbocycles. The average Bonchev–Trinajstić information content (AvgIpc) is 3.08. The number of rotatable bonds is 31. The van der Waals surface area contributed by atoms with Crippen LogP contribution in [0.5, 0.6) is 0 Å². The van der Waals surface area contributed by atoms with Gasteiger partial charge in [0, 0.05) is 6.42 Å². The fourth-order valence-electron chi connectivity index (χ4n) is 6.05. The summed E-state index contributed by atoms with van der Waals surface area (Å²) >= 11 is 0. The largest absolute Gasteiger partial charge is 0.394 e. The summed E-state index contributed by atoms with van der Waals surface area (Å²) in [5.41, 5.74) is 0. The van der Waals surface area contributed by atoms with Gasteiger partial charge in [-0.2, -0.15) is 0 Å². The number of hydrogen-bond acceptors (Lipinski definition) is 8. The minimum Gasteiger partial charge on any atom is -0.394 e. The van der Waals surface area contributed by atoms with E-state index >= 15 is 0 Å². The van der Waals surface area contributed by atoms with Gasteiger partial charge in [0.25, 0.3) is 0 Å². The smallest absolute Gasteiger partial charge is 0.220 e. The first-order valence-corrected chi connectivity index (χ1v) is 19.6. The molecule has 0 bridgehead atoms. The number of carbonyl (C=O) groups is 1. The van der Waals surface area contributed by atoms with Crippen LogP contribution >= 0.6 is 0 Å². The highest BCUT2D eigenvalue weighted by atomic mass is 16.7. The molecule has 6 N–H and O–H groups in total. The number of unbranched alkanes of at least 4 members (excludes halogenated alkanes) is 19. The maximum absolute atomic E-state index is 12.8. The zero-order valence-corrected chi connectivity index (χ0v) is 30.5. The Morgan fingerprint density at radius 1 is 0.688 bits per heavy atom. The highest BCUT2D eigenvalue weighted by molar-refractivity contribution is 5.76. The predicted molar refractivity (Wildman–Crippen MR) is 193 cm³/mol. The van der Waals surface area contributed by atoms with E-state index in [1.165, 1.54) is 103 Å². The van der Waals surface area contributed by atoms with Crippen LogP contribution in [0, 0.1) is 0 Å². The first kappa shape index (κ1) is 44.7. The van der Waals surface area contributed by atoms with Crippen molar-refractivity contribution in [3.8, 4) is 0 Å². The van der Waals surface area contributed by atoms with E-state index in [2.05, 4.69) is 31.3 Å². The monoisotopic (exact) mass is 684 g/mol. The summed E-state index contributed by atoms with van der Waals surface area (Å²) in [4.78, 5) is 12.8. The Morgan fingerprint density at radius 2 is 1.19 bits per heavy atom. The van der Waals surface area contributed by atoms with Crippen molar-refractivity contribution >= 4 is 5.91 Å². The molecule has 2 unspecified atom stereocenters. The van der Waals surface area contributed by atoms with E-state index in [4.69, 9.17) is 9.47 Å². The van der Waals surface area contributed by atoms with E-state index in [0.29, 0.717) is 6.42 Å². The molecule has 1 rings (SSSR count). The third kappa shape index (κ3) is 21.7. The second kappa shape index (κ2) is 30.5. The zero-order valence-electron chi connectivity index (χ0n) is 30.5. The molecule has 9 heteroatoms. The number of hydrogen-bond donors (Lipinski definition) is 6. The summed E-state index contributed by atoms with van der Waals surface area (Å²) in [5, 5.41) is 53.8. The van der Waals surface area contributed by atoms with E-state index in [1.54, 1.807) is 6.08 Å². The molecule has 0 spiro atoms. The predicted octanol–water partition coefficient (Wildman–Crippen LogP) is 6.77. The van der Waals surface area contributed by atoms with Gasteiger partial charge in [0.05, 0.1) is 25.4 Å². The lowest BCUT2D eigenvalue weighted by Gasteiger charge is -2.40. The number of allylic oxidation sites excluding steroid dienone is 3. The van der Waals surface area contributed by atoms with Crippen molar-refractivity contribution in [3.63, 3.8) is 0 Å². The zero-order chi connectivity index (χ0) is 35.2. The molecule has 9 nitrogen and oxygen atoms in total. The number of amides is 1. The van der Waals surface area contributed by atoms with Crippen molar-refractivity contribution in [1.82, 2.24) is 5.32 Å². The summed E-state index contributed by atoms with van der Waals surface area (Å²) in [6, 6.07) is -0.813. The van der Waals surface area contributed by atoms with E-state index in [-0.39, 0.29) is 12.5 Å². The molecule has 1 fully saturated rings. The molecule has 0 aromatic heterocycles. The fraction of sp³-hybridized carbons (Fsp3) is 0.872. The molecule has 1 aliphatic rings. The Balaban J connectivity index is 2.40. The summed E-state index contributed by atoms with van der Waals surface area (Å²) < 4.78 is 11.1. The van der Waals surface area contributed by atoms with E-state index in [0.717, 1.165) is 38.5 Å². The molecule has 0 saturated carbocycles. The van der Waals surface area contributed by atoms with Gasteiger partial charge in [-0.05, 0) is 32.1 Å². The second-order valence-corrected chi connectivity index (χ2v) is 13.7. The Morgan fingerprint density at radius 3 is 1.75 bits per heavy atom. The molecule has 1 saturated heterocycles. The molecule has 1 aliphatic heterocycles. The molecular weight excluding hydrogens is 610 g/mol. The van der Waals surface area contributed by atoms with Gasteiger partial charge in [-0.1, -0.05) is 147 Å². The molecule has 0 radical (unpaired) electrons. The van der Waals surface area contributed by atoms with Crippen LogP contribution < -0.4 is 5.32 Å². The van der Waals surface area contributed by atoms with Gasteiger partial charge in [-0.25, -0.2) is 0 Å². The van der Waals surface area contributed by atoms with E-state index in [9.17, 15) is 30.3 Å². The fourth-order valence-corrected chi connectivity index (χ4v) is 6.05. The number of carbonyl (C=O) groups excluding carboxylic acids is 1. The summed E-state index contributed by atoms with van der Waals surface area (Å²) in [6.07, 6.45) is 26.6. The number of nitrogens with one attached hydrogen (secondary N) is 1. The molecule has 1 heterocycles. The minimum atomic E-state index is -1.57. The quantitative estimate of drug-likeness (QED) is 0.0346. The van der Waals surface area contributed by atoms with E-state index < -0.39 is 49.5 Å². The van der Waals surface area contributed by atoms with Gasteiger partial charge in [0.15, 0.2) is 6.29 Å². The highest BCUT2D eigenvalue weighted by Crippen LogP contribution is 2.22. The first-order valence-electron chi connectivity index (χ1n) is 19.6. The van der Waals surface area contributed by atoms with Crippen molar-refractivity contribution < 1.29 is 39.8 Å². The van der Waals surface area contributed by atoms with Crippen LogP contribution in [0.2, 0.25) is 0 Å². The van der Waals surface area contributed by atoms with Crippen molar-refractivity contribution in [3.05, 3.63) is 24.3 Å². The first-order chi connectivity index (χ1) is 23.3. The number of aliphatic hydroxyl groups excluding tert-OH is 5. The Hall–Kier alpha value is -1.33. The Labute approximate surface area is 292 Å². The SMILES string of the molecule is CCCCC/C=C/CC/C=C/[C@@H](O)[C@H](CO[C@H]1O[C@@H](CO)[C@H](O)C(O)C1O)NC(=O)CCCCCCCCCCCCCCCCCC. The van der Waals surface area contributed by atoms with Crippen LogP contribution in [-0.4, -0.2) is 87.5 Å². The standard InChI is InChI=1S/C39H73NO8/c1-3-5-7-9-11-13-14-15-16-17-18-19-21-23-25-27-29-35(43)40-32(33(42)28-26-24-22-20-12-10-8-6-4-2)31-47-39-38(46)37(45)36(44)34(30-41)48-39/h12,20,26,28,32-34,36-39,41-42,44-46H,3-11,13-19,21-25,27,29-31H2,1-2H3,(H,40,43)/b20-12+,28-26+/t32-,33+,34-,36-,37?,38?,39-/m0/s1. The van der Waals surface area contributed by atoms with Gasteiger partial charge in [0.1, 0.15) is 24.4 Å². The van der Waals surface area contributed by atoms with Crippen molar-refractivity contribution in [2.45, 2.75) is 204 Å². The maximum atomic E-state index is 12.8. The van der Waals surface area contributed by atoms with Crippen LogP contribution in [0.4, 0.5) is 0 Å². The third-order valence-corrected chi connectivity index (χ3v) is 9.28. The molecular formula is C39H73NO8. The Kier molecular flexibility index (Phi) is 28.4. The van der Waals surface area contributed by atoms with Gasteiger partial charge < -0.3 is 40.3 Å². The highest BCUT2D eigenvalue weighted by Gasteiger charge is 2.44. The van der Waals surface area contributed by atoms with Crippen molar-refractivity contribution in [1.29, 1.82) is 0 Å². The van der Waals surface area contributed by atoms with Crippen molar-refractivity contribution in [2.24, 2.45) is 0 Å². The van der Waals surface area contributed by atoms with Crippen LogP contribution in [0.25, 0.3) is 0 Å². The summed E-state index contributed by atoms with van der Waals surface area (Å²) in [5.74, 6) is -0.190. The maximum Gasteiger partial charge on any atom is 0.220 e. The lowest BCUT2D eigenvalue weighted by Crippen LogP contribution is -2.60. The van der Waals surface area contributed by atoms with E-state index in [1.807, 2.05) is 6.08 Å². The van der Waals surface area contributed by atoms with Crippen LogP contribution in [0.15, 0.2) is 24.3 Å². The van der Waals surface area contributed by atoms with Crippen molar-refractivity contribution in [2.75, 3.05) is 13.2 Å².